The van der Waals surface area contributed by atoms with E-state index in [9.17, 15) is 4.79 Å². The summed E-state index contributed by atoms with van der Waals surface area (Å²) in [6.07, 6.45) is 8.69. The fourth-order valence-electron chi connectivity index (χ4n) is 2.55. The van der Waals surface area contributed by atoms with Crippen LogP contribution >= 0.6 is 0 Å². The highest BCUT2D eigenvalue weighted by molar-refractivity contribution is 5.95. The highest BCUT2D eigenvalue weighted by Gasteiger charge is 2.09. The minimum atomic E-state index is -0.116. The first-order valence-electron chi connectivity index (χ1n) is 7.46. The van der Waals surface area contributed by atoms with Crippen LogP contribution in [0, 0.1) is 0 Å². The molecule has 1 aromatic carbocycles. The summed E-state index contributed by atoms with van der Waals surface area (Å²) in [4.78, 5) is 23.8. The lowest BCUT2D eigenvalue weighted by Crippen LogP contribution is -2.15. The first-order chi connectivity index (χ1) is 11.8. The Balaban J connectivity index is 1.46. The number of anilines is 1. The lowest BCUT2D eigenvalue weighted by molar-refractivity contribution is -0.115. The normalized spacial score (nSPS) is 10.8. The highest BCUT2D eigenvalue weighted by atomic mass is 16.1. The van der Waals surface area contributed by atoms with Gasteiger partial charge in [-0.1, -0.05) is 18.2 Å². The molecule has 4 rings (SSSR count). The zero-order chi connectivity index (χ0) is 16.4. The molecule has 7 heteroatoms. The molecule has 0 bridgehead atoms. The molecular formula is C17H14N6O. The fourth-order valence-corrected chi connectivity index (χ4v) is 2.55. The molecule has 24 heavy (non-hydrogen) atoms. The lowest BCUT2D eigenvalue weighted by atomic mass is 10.1. The van der Waals surface area contributed by atoms with Gasteiger partial charge in [-0.15, -0.1) is 0 Å². The summed E-state index contributed by atoms with van der Waals surface area (Å²) in [5.74, 6) is 0.338. The molecule has 3 aromatic heterocycles. The molecule has 0 saturated carbocycles. The minimum absolute atomic E-state index is 0.116. The summed E-state index contributed by atoms with van der Waals surface area (Å²) in [7, 11) is 0. The van der Waals surface area contributed by atoms with E-state index in [0.29, 0.717) is 11.6 Å². The third kappa shape index (κ3) is 2.74. The van der Waals surface area contributed by atoms with Gasteiger partial charge in [0.25, 0.3) is 5.95 Å². The van der Waals surface area contributed by atoms with Crippen molar-refractivity contribution >= 4 is 22.5 Å². The van der Waals surface area contributed by atoms with Gasteiger partial charge in [-0.2, -0.15) is 5.10 Å². The number of rotatable bonds is 4. The van der Waals surface area contributed by atoms with Crippen LogP contribution in [-0.4, -0.2) is 30.6 Å². The number of nitrogens with zero attached hydrogens (tertiary/aromatic N) is 4. The molecular weight excluding hydrogens is 304 g/mol. The largest absolute Gasteiger partial charge is 0.361 e. The van der Waals surface area contributed by atoms with Gasteiger partial charge in [-0.3, -0.25) is 4.79 Å². The number of carbonyl (C=O) groups is 1. The molecule has 3 heterocycles. The number of hydrogen-bond donors (Lipinski definition) is 2. The number of carbonyl (C=O) groups excluding carboxylic acids is 1. The fraction of sp³-hybridized carbons (Fsp3) is 0.0588. The second kappa shape index (κ2) is 5.96. The van der Waals surface area contributed by atoms with E-state index in [-0.39, 0.29) is 12.3 Å². The predicted molar refractivity (Wildman–Crippen MR) is 89.8 cm³/mol. The molecule has 0 atom stereocenters. The Morgan fingerprint density at radius 3 is 2.79 bits per heavy atom. The molecule has 0 radical (unpaired) electrons. The van der Waals surface area contributed by atoms with Gasteiger partial charge in [0.1, 0.15) is 0 Å². The summed E-state index contributed by atoms with van der Waals surface area (Å²) in [5, 5.41) is 7.92. The van der Waals surface area contributed by atoms with Crippen molar-refractivity contribution in [3.05, 3.63) is 66.9 Å². The van der Waals surface area contributed by atoms with Crippen molar-refractivity contribution in [3.63, 3.8) is 0 Å². The van der Waals surface area contributed by atoms with Crippen molar-refractivity contribution in [2.45, 2.75) is 6.42 Å². The number of nitrogens with one attached hydrogen (secondary N) is 2. The first-order valence-corrected chi connectivity index (χ1v) is 7.46. The van der Waals surface area contributed by atoms with Crippen molar-refractivity contribution in [1.29, 1.82) is 0 Å². The predicted octanol–water partition coefficient (Wildman–Crippen LogP) is 2.32. The van der Waals surface area contributed by atoms with Crippen molar-refractivity contribution in [2.75, 3.05) is 5.32 Å². The van der Waals surface area contributed by atoms with E-state index in [1.165, 1.54) is 0 Å². The molecule has 0 unspecified atom stereocenters. The Labute approximate surface area is 137 Å². The zero-order valence-electron chi connectivity index (χ0n) is 12.7. The van der Waals surface area contributed by atoms with E-state index in [1.807, 2.05) is 30.5 Å². The quantitative estimate of drug-likeness (QED) is 0.604. The zero-order valence-corrected chi connectivity index (χ0v) is 12.7. The Kier molecular flexibility index (Phi) is 3.51. The van der Waals surface area contributed by atoms with Gasteiger partial charge in [0.2, 0.25) is 5.91 Å². The van der Waals surface area contributed by atoms with Crippen molar-refractivity contribution in [1.82, 2.24) is 24.7 Å². The second-order valence-corrected chi connectivity index (χ2v) is 5.31. The third-order valence-electron chi connectivity index (χ3n) is 3.66. The summed E-state index contributed by atoms with van der Waals surface area (Å²) in [6.45, 7) is 0. The first kappa shape index (κ1) is 14.1. The van der Waals surface area contributed by atoms with Crippen LogP contribution in [-0.2, 0) is 11.2 Å². The summed E-state index contributed by atoms with van der Waals surface area (Å²) >= 11 is 0. The summed E-state index contributed by atoms with van der Waals surface area (Å²) < 4.78 is 1.55. The van der Waals surface area contributed by atoms with Gasteiger partial charge >= 0.3 is 0 Å². The Bertz CT molecular complexity index is 972. The van der Waals surface area contributed by atoms with E-state index in [1.54, 1.807) is 35.5 Å². The van der Waals surface area contributed by atoms with Crippen LogP contribution in [0.25, 0.3) is 16.9 Å². The Morgan fingerprint density at radius 1 is 1.17 bits per heavy atom. The van der Waals surface area contributed by atoms with E-state index in [2.05, 4.69) is 25.4 Å². The van der Waals surface area contributed by atoms with E-state index < -0.39 is 0 Å². The topological polar surface area (TPSA) is 88.5 Å². The van der Waals surface area contributed by atoms with Crippen LogP contribution in [0.3, 0.4) is 0 Å². The number of hydrogen-bond acceptors (Lipinski definition) is 4. The maximum Gasteiger partial charge on any atom is 0.250 e. The van der Waals surface area contributed by atoms with Crippen LogP contribution in [0.5, 0.6) is 0 Å². The monoisotopic (exact) mass is 318 g/mol. The molecule has 4 aromatic rings. The molecule has 118 valence electrons. The smallest absolute Gasteiger partial charge is 0.250 e. The average molecular weight is 318 g/mol. The van der Waals surface area contributed by atoms with Gasteiger partial charge in [0.15, 0.2) is 0 Å². The SMILES string of the molecule is O=C(Cc1c[nH]c2ccccc12)Nc1cnc(-n2cccn2)nc1. The number of benzene rings is 1. The van der Waals surface area contributed by atoms with E-state index in [4.69, 9.17) is 0 Å². The third-order valence-corrected chi connectivity index (χ3v) is 3.66. The molecule has 0 aliphatic carbocycles. The van der Waals surface area contributed by atoms with Crippen molar-refractivity contribution < 1.29 is 4.79 Å². The van der Waals surface area contributed by atoms with Gasteiger partial charge in [0.05, 0.1) is 24.5 Å². The number of H-pyrrole nitrogens is 1. The van der Waals surface area contributed by atoms with Crippen LogP contribution in [0.1, 0.15) is 5.56 Å². The van der Waals surface area contributed by atoms with E-state index >= 15 is 0 Å². The van der Waals surface area contributed by atoms with Crippen LogP contribution < -0.4 is 5.32 Å². The average Bonchev–Trinajstić information content (AvgIpc) is 3.26. The van der Waals surface area contributed by atoms with Gasteiger partial charge in [-0.05, 0) is 17.7 Å². The number of amides is 1. The number of aromatic nitrogens is 5. The summed E-state index contributed by atoms with van der Waals surface area (Å²) in [6, 6.07) is 9.69. The van der Waals surface area contributed by atoms with Crippen LogP contribution in [0.4, 0.5) is 5.69 Å². The Morgan fingerprint density at radius 2 is 2.00 bits per heavy atom. The van der Waals surface area contributed by atoms with Crippen LogP contribution in [0.2, 0.25) is 0 Å². The molecule has 2 N–H and O–H groups in total. The molecule has 0 aliphatic rings. The van der Waals surface area contributed by atoms with Crippen molar-refractivity contribution in [3.8, 4) is 5.95 Å². The van der Waals surface area contributed by atoms with Crippen molar-refractivity contribution in [2.24, 2.45) is 0 Å². The maximum absolute atomic E-state index is 12.2. The number of fused-ring (bicyclic) bond motifs is 1. The van der Waals surface area contributed by atoms with Gasteiger partial charge in [-0.25, -0.2) is 14.6 Å². The minimum Gasteiger partial charge on any atom is -0.361 e. The molecule has 0 aliphatic heterocycles. The standard InChI is InChI=1S/C17H14N6O/c24-16(8-12-9-18-15-5-2-1-4-14(12)15)22-13-10-19-17(20-11-13)23-7-3-6-21-23/h1-7,9-11,18H,8H2,(H,22,24). The number of para-hydroxylation sites is 1. The molecule has 7 nitrogen and oxygen atoms in total. The Hall–Kier alpha value is -3.48. The lowest BCUT2D eigenvalue weighted by Gasteiger charge is -2.05. The highest BCUT2D eigenvalue weighted by Crippen LogP contribution is 2.18. The summed E-state index contributed by atoms with van der Waals surface area (Å²) in [5.41, 5.74) is 2.53. The van der Waals surface area contributed by atoms with Crippen LogP contribution in [0.15, 0.2) is 61.3 Å². The molecule has 0 fully saturated rings. The molecule has 0 saturated heterocycles. The maximum atomic E-state index is 12.2. The molecule has 1 amide bonds. The number of aromatic amines is 1. The van der Waals surface area contributed by atoms with E-state index in [0.717, 1.165) is 16.5 Å². The van der Waals surface area contributed by atoms with Gasteiger partial charge < -0.3 is 10.3 Å². The second-order valence-electron chi connectivity index (χ2n) is 5.31. The van der Waals surface area contributed by atoms with Gasteiger partial charge in [0, 0.05) is 29.5 Å². The molecule has 0 spiro atoms.